The molecule has 1 aromatic carbocycles. The Labute approximate surface area is 144 Å². The average Bonchev–Trinajstić information content (AvgIpc) is 3.02. The second-order valence-electron chi connectivity index (χ2n) is 5.17. The van der Waals surface area contributed by atoms with Crippen molar-refractivity contribution >= 4 is 39.7 Å². The predicted molar refractivity (Wildman–Crippen MR) is 100.0 cm³/mol. The molecule has 0 saturated heterocycles. The fourth-order valence-electron chi connectivity index (χ4n) is 1.97. The molecule has 23 heavy (non-hydrogen) atoms. The predicted octanol–water partition coefficient (Wildman–Crippen LogP) is 4.64. The number of thiazole rings is 1. The molecule has 3 aromatic rings. The van der Waals surface area contributed by atoms with E-state index < -0.39 is 0 Å². The molecule has 118 valence electrons. The Morgan fingerprint density at radius 2 is 1.91 bits per heavy atom. The van der Waals surface area contributed by atoms with Crippen molar-refractivity contribution in [2.24, 2.45) is 0 Å². The van der Waals surface area contributed by atoms with Gasteiger partial charge in [-0.15, -0.1) is 11.8 Å². The highest BCUT2D eigenvalue weighted by atomic mass is 32.2. The maximum absolute atomic E-state index is 4.40. The van der Waals surface area contributed by atoms with Gasteiger partial charge in [0, 0.05) is 31.7 Å². The summed E-state index contributed by atoms with van der Waals surface area (Å²) in [6.07, 6.45) is 3.68. The first-order valence-corrected chi connectivity index (χ1v) is 9.04. The van der Waals surface area contributed by atoms with Crippen molar-refractivity contribution in [3.8, 4) is 0 Å². The zero-order valence-electron chi connectivity index (χ0n) is 13.1. The van der Waals surface area contributed by atoms with Gasteiger partial charge in [-0.2, -0.15) is 0 Å². The van der Waals surface area contributed by atoms with E-state index in [1.165, 1.54) is 15.5 Å². The summed E-state index contributed by atoms with van der Waals surface area (Å²) in [6, 6.07) is 14.4. The van der Waals surface area contributed by atoms with Crippen LogP contribution in [0.1, 0.15) is 5.56 Å². The van der Waals surface area contributed by atoms with Crippen molar-refractivity contribution in [1.82, 2.24) is 9.97 Å². The van der Waals surface area contributed by atoms with Crippen LogP contribution in [0.2, 0.25) is 0 Å². The normalized spacial score (nSPS) is 10.5. The zero-order chi connectivity index (χ0) is 16.1. The molecular weight excluding hydrogens is 324 g/mol. The Balaban J connectivity index is 1.56. The molecule has 0 amide bonds. The monoisotopic (exact) mass is 342 g/mol. The van der Waals surface area contributed by atoms with Crippen molar-refractivity contribution in [3.63, 3.8) is 0 Å². The number of hydrogen-bond acceptors (Lipinski definition) is 6. The van der Waals surface area contributed by atoms with E-state index in [2.05, 4.69) is 58.5 Å². The molecular formula is C17H18N4S2. The van der Waals surface area contributed by atoms with Crippen molar-refractivity contribution in [2.75, 3.05) is 24.3 Å². The van der Waals surface area contributed by atoms with Crippen LogP contribution >= 0.6 is 23.1 Å². The Morgan fingerprint density at radius 3 is 2.61 bits per heavy atom. The molecule has 4 nitrogen and oxygen atoms in total. The van der Waals surface area contributed by atoms with Crippen LogP contribution < -0.4 is 10.2 Å². The van der Waals surface area contributed by atoms with Gasteiger partial charge in [0.05, 0.1) is 10.4 Å². The van der Waals surface area contributed by atoms with Crippen molar-refractivity contribution < 1.29 is 0 Å². The van der Waals surface area contributed by atoms with Crippen molar-refractivity contribution in [3.05, 3.63) is 60.4 Å². The molecule has 0 aliphatic rings. The zero-order valence-corrected chi connectivity index (χ0v) is 14.7. The highest BCUT2D eigenvalue weighted by molar-refractivity contribution is 8.00. The molecule has 0 unspecified atom stereocenters. The van der Waals surface area contributed by atoms with Gasteiger partial charge in [-0.25, -0.2) is 9.97 Å². The maximum Gasteiger partial charge on any atom is 0.189 e. The van der Waals surface area contributed by atoms with Gasteiger partial charge in [0.1, 0.15) is 5.82 Å². The standard InChI is InChI=1S/C17H18N4S2/c1-21(2)14-8-6-13(7-9-14)12-22-16-11-19-17(23-16)20-15-5-3-4-10-18-15/h3-11H,12H2,1-2H3,(H,18,19,20). The number of hydrogen-bond donors (Lipinski definition) is 1. The molecule has 0 fully saturated rings. The first-order chi connectivity index (χ1) is 11.2. The van der Waals surface area contributed by atoms with Gasteiger partial charge in [-0.1, -0.05) is 29.5 Å². The van der Waals surface area contributed by atoms with Crippen LogP contribution in [-0.4, -0.2) is 24.1 Å². The third-order valence-corrected chi connectivity index (χ3v) is 5.40. The van der Waals surface area contributed by atoms with E-state index in [1.807, 2.05) is 24.4 Å². The third-order valence-electron chi connectivity index (χ3n) is 3.22. The summed E-state index contributed by atoms with van der Waals surface area (Å²) < 4.78 is 1.19. The summed E-state index contributed by atoms with van der Waals surface area (Å²) >= 11 is 3.45. The van der Waals surface area contributed by atoms with E-state index in [0.717, 1.165) is 16.7 Å². The van der Waals surface area contributed by atoms with E-state index in [1.54, 1.807) is 29.3 Å². The largest absolute Gasteiger partial charge is 0.378 e. The van der Waals surface area contributed by atoms with E-state index in [-0.39, 0.29) is 0 Å². The molecule has 0 radical (unpaired) electrons. The topological polar surface area (TPSA) is 41.1 Å². The van der Waals surface area contributed by atoms with Gasteiger partial charge in [-0.3, -0.25) is 0 Å². The Kier molecular flexibility index (Phi) is 5.15. The third kappa shape index (κ3) is 4.46. The van der Waals surface area contributed by atoms with E-state index in [9.17, 15) is 0 Å². The highest BCUT2D eigenvalue weighted by Gasteiger charge is 2.04. The lowest BCUT2D eigenvalue weighted by Gasteiger charge is -2.12. The van der Waals surface area contributed by atoms with Crippen LogP contribution in [0.3, 0.4) is 0 Å². The van der Waals surface area contributed by atoms with E-state index in [4.69, 9.17) is 0 Å². The van der Waals surface area contributed by atoms with Crippen molar-refractivity contribution in [2.45, 2.75) is 9.96 Å². The maximum atomic E-state index is 4.40. The molecule has 1 N–H and O–H groups in total. The second-order valence-corrected chi connectivity index (χ2v) is 7.48. The minimum atomic E-state index is 0.817. The van der Waals surface area contributed by atoms with Gasteiger partial charge in [0.15, 0.2) is 5.13 Å². The number of thioether (sulfide) groups is 1. The Morgan fingerprint density at radius 1 is 1.09 bits per heavy atom. The van der Waals surface area contributed by atoms with Crippen LogP contribution in [0.25, 0.3) is 0 Å². The van der Waals surface area contributed by atoms with Crippen LogP contribution in [0, 0.1) is 0 Å². The fourth-order valence-corrected chi connectivity index (χ4v) is 3.81. The molecule has 0 bridgehead atoms. The van der Waals surface area contributed by atoms with Gasteiger partial charge < -0.3 is 10.2 Å². The first kappa shape index (κ1) is 15.8. The molecule has 0 atom stereocenters. The second kappa shape index (κ2) is 7.48. The summed E-state index contributed by atoms with van der Waals surface area (Å²) in [5.41, 5.74) is 2.53. The molecule has 0 aliphatic carbocycles. The average molecular weight is 342 g/mol. The number of benzene rings is 1. The number of pyridine rings is 1. The number of nitrogens with one attached hydrogen (secondary N) is 1. The molecule has 3 rings (SSSR count). The highest BCUT2D eigenvalue weighted by Crippen LogP contribution is 2.32. The minimum absolute atomic E-state index is 0.817. The van der Waals surface area contributed by atoms with E-state index in [0.29, 0.717) is 0 Å². The first-order valence-electron chi connectivity index (χ1n) is 7.23. The number of anilines is 3. The van der Waals surface area contributed by atoms with Crippen molar-refractivity contribution in [1.29, 1.82) is 0 Å². The van der Waals surface area contributed by atoms with Gasteiger partial charge in [0.25, 0.3) is 0 Å². The van der Waals surface area contributed by atoms with Crippen LogP contribution in [0.4, 0.5) is 16.6 Å². The SMILES string of the molecule is CN(C)c1ccc(CSc2cnc(Nc3ccccn3)s2)cc1. The quantitative estimate of drug-likeness (QED) is 0.661. The molecule has 0 aliphatic heterocycles. The van der Waals surface area contributed by atoms with Crippen LogP contribution in [0.5, 0.6) is 0 Å². The summed E-state index contributed by atoms with van der Waals surface area (Å²) in [5.74, 6) is 1.76. The Bertz CT molecular complexity index is 739. The minimum Gasteiger partial charge on any atom is -0.378 e. The van der Waals surface area contributed by atoms with E-state index >= 15 is 0 Å². The fraction of sp³-hybridized carbons (Fsp3) is 0.176. The van der Waals surface area contributed by atoms with Crippen LogP contribution in [0.15, 0.2) is 59.1 Å². The molecule has 0 spiro atoms. The lowest BCUT2D eigenvalue weighted by molar-refractivity contribution is 1.13. The molecule has 2 aromatic heterocycles. The number of aromatic nitrogens is 2. The van der Waals surface area contributed by atoms with Gasteiger partial charge in [0.2, 0.25) is 0 Å². The smallest absolute Gasteiger partial charge is 0.189 e. The number of rotatable bonds is 6. The van der Waals surface area contributed by atoms with Crippen LogP contribution in [-0.2, 0) is 5.75 Å². The summed E-state index contributed by atoms with van der Waals surface area (Å²) in [5, 5.41) is 4.09. The summed E-state index contributed by atoms with van der Waals surface area (Å²) in [6.45, 7) is 0. The molecule has 2 heterocycles. The summed E-state index contributed by atoms with van der Waals surface area (Å²) in [7, 11) is 4.11. The summed E-state index contributed by atoms with van der Waals surface area (Å²) in [4.78, 5) is 10.8. The number of nitrogens with zero attached hydrogens (tertiary/aromatic N) is 3. The molecule has 6 heteroatoms. The van der Waals surface area contributed by atoms with Gasteiger partial charge >= 0.3 is 0 Å². The lowest BCUT2D eigenvalue weighted by Crippen LogP contribution is -2.08. The van der Waals surface area contributed by atoms with Gasteiger partial charge in [-0.05, 0) is 29.8 Å². The lowest BCUT2D eigenvalue weighted by atomic mass is 10.2. The molecule has 0 saturated carbocycles. The Hall–Kier alpha value is -2.05.